The van der Waals surface area contributed by atoms with Crippen LogP contribution in [0.2, 0.25) is 0 Å². The number of nitrogens with one attached hydrogen (secondary N) is 1. The first kappa shape index (κ1) is 8.47. The third-order valence-corrected chi connectivity index (χ3v) is 1.20. The van der Waals surface area contributed by atoms with Crippen LogP contribution in [0.1, 0.15) is 0 Å². The van der Waals surface area contributed by atoms with Gasteiger partial charge in [0.1, 0.15) is 0 Å². The first-order valence-electron chi connectivity index (χ1n) is 2.43. The molecule has 0 aromatic rings. The molecule has 0 aliphatic rings. The highest BCUT2D eigenvalue weighted by molar-refractivity contribution is 9.09. The van der Waals surface area contributed by atoms with Crippen molar-refractivity contribution in [3.8, 4) is 0 Å². The molecule has 0 aromatic carbocycles. The van der Waals surface area contributed by atoms with Crippen LogP contribution in [0.15, 0.2) is 11.6 Å². The fourth-order valence-corrected chi connectivity index (χ4v) is 0.666. The van der Waals surface area contributed by atoms with E-state index in [1.807, 2.05) is 6.08 Å². The van der Waals surface area contributed by atoms with Crippen molar-refractivity contribution in [3.63, 3.8) is 0 Å². The van der Waals surface area contributed by atoms with Crippen LogP contribution in [0, 0.1) is 0 Å². The molecule has 0 radical (unpaired) electrons. The van der Waals surface area contributed by atoms with E-state index >= 15 is 0 Å². The summed E-state index contributed by atoms with van der Waals surface area (Å²) in [5.41, 5.74) is 1.52. The number of hydrogen-bond acceptors (Lipinski definition) is 1. The van der Waals surface area contributed by atoms with Gasteiger partial charge in [-0.1, -0.05) is 33.6 Å². The molecule has 0 saturated carbocycles. The minimum Gasteiger partial charge on any atom is -0.312 e. The van der Waals surface area contributed by atoms with Gasteiger partial charge >= 0.3 is 0 Å². The summed E-state index contributed by atoms with van der Waals surface area (Å²) >= 11 is 8.53. The Morgan fingerprint density at radius 3 is 2.88 bits per heavy atom. The van der Waals surface area contributed by atoms with E-state index < -0.39 is 0 Å². The minimum absolute atomic E-state index is 0.856. The van der Waals surface area contributed by atoms with Crippen LogP contribution < -0.4 is 5.32 Å². The molecule has 0 bridgehead atoms. The second-order valence-corrected chi connectivity index (χ2v) is 2.30. The normalized spacial score (nSPS) is 10.8. The van der Waals surface area contributed by atoms with Crippen molar-refractivity contribution in [1.29, 1.82) is 0 Å². The monoisotopic (exact) mass is 197 g/mol. The van der Waals surface area contributed by atoms with Crippen molar-refractivity contribution in [2.75, 3.05) is 18.4 Å². The van der Waals surface area contributed by atoms with E-state index in [0.717, 1.165) is 18.4 Å². The smallest absolute Gasteiger partial charge is 0.0157 e. The summed E-state index contributed by atoms with van der Waals surface area (Å²) in [5.74, 6) is 0. The zero-order valence-electron chi connectivity index (χ0n) is 4.53. The van der Waals surface area contributed by atoms with E-state index in [4.69, 9.17) is 11.6 Å². The molecule has 0 aliphatic carbocycles. The summed E-state index contributed by atoms with van der Waals surface area (Å²) in [6.07, 6.45) is 1.87. The Hall–Kier alpha value is 0.470. The molecule has 0 unspecified atom stereocenters. The van der Waals surface area contributed by atoms with Gasteiger partial charge in [0, 0.05) is 24.0 Å². The summed E-state index contributed by atoms with van der Waals surface area (Å²) in [6, 6.07) is 0. The molecule has 0 aliphatic heterocycles. The maximum Gasteiger partial charge on any atom is 0.0157 e. The standard InChI is InChI=1S/C5H9BrClN/c6-2-5-8-4-1-3-7/h1,3,8H,2,4-5H2/b3-1+. The molecular formula is C5H9BrClN. The fraction of sp³-hybridized carbons (Fsp3) is 0.600. The average Bonchev–Trinajstić information content (AvgIpc) is 1.81. The van der Waals surface area contributed by atoms with Crippen molar-refractivity contribution in [3.05, 3.63) is 11.6 Å². The summed E-state index contributed by atoms with van der Waals surface area (Å²) < 4.78 is 0. The molecule has 0 heterocycles. The molecule has 0 fully saturated rings. The Balaban J connectivity index is 2.72. The first-order chi connectivity index (χ1) is 3.91. The summed E-state index contributed by atoms with van der Waals surface area (Å²) in [6.45, 7) is 1.84. The van der Waals surface area contributed by atoms with Gasteiger partial charge in [0.2, 0.25) is 0 Å². The minimum atomic E-state index is 0.856. The quantitative estimate of drug-likeness (QED) is 0.536. The fourth-order valence-electron chi connectivity index (χ4n) is 0.297. The maximum atomic E-state index is 5.25. The highest BCUT2D eigenvalue weighted by Gasteiger charge is 1.76. The highest BCUT2D eigenvalue weighted by Crippen LogP contribution is 1.77. The van der Waals surface area contributed by atoms with Gasteiger partial charge in [-0.3, -0.25) is 0 Å². The van der Waals surface area contributed by atoms with E-state index in [1.54, 1.807) is 0 Å². The molecule has 1 N–H and O–H groups in total. The molecule has 0 aromatic heterocycles. The summed E-state index contributed by atoms with van der Waals surface area (Å²) in [7, 11) is 0. The van der Waals surface area contributed by atoms with Crippen molar-refractivity contribution in [1.82, 2.24) is 5.32 Å². The predicted octanol–water partition coefficient (Wildman–Crippen LogP) is 1.72. The topological polar surface area (TPSA) is 12.0 Å². The van der Waals surface area contributed by atoms with Crippen molar-refractivity contribution >= 4 is 27.5 Å². The second-order valence-electron chi connectivity index (χ2n) is 1.25. The van der Waals surface area contributed by atoms with E-state index in [0.29, 0.717) is 0 Å². The van der Waals surface area contributed by atoms with Gasteiger partial charge in [-0.05, 0) is 0 Å². The van der Waals surface area contributed by atoms with E-state index in [9.17, 15) is 0 Å². The summed E-state index contributed by atoms with van der Waals surface area (Å²) in [5, 5.41) is 4.11. The molecule has 48 valence electrons. The lowest BCUT2D eigenvalue weighted by Gasteiger charge is -1.92. The van der Waals surface area contributed by atoms with Crippen molar-refractivity contribution in [2.24, 2.45) is 0 Å². The Morgan fingerprint density at radius 2 is 2.38 bits per heavy atom. The number of halogens is 2. The third-order valence-electron chi connectivity index (χ3n) is 0.623. The lowest BCUT2D eigenvalue weighted by molar-refractivity contribution is 0.810. The second kappa shape index (κ2) is 7.47. The predicted molar refractivity (Wildman–Crippen MR) is 41.7 cm³/mol. The molecule has 0 atom stereocenters. The van der Waals surface area contributed by atoms with Crippen LogP contribution in [0.25, 0.3) is 0 Å². The van der Waals surface area contributed by atoms with Crippen LogP contribution in [-0.4, -0.2) is 18.4 Å². The van der Waals surface area contributed by atoms with Crippen molar-refractivity contribution < 1.29 is 0 Å². The summed E-state index contributed by atoms with van der Waals surface area (Å²) in [4.78, 5) is 0. The molecule has 1 nitrogen and oxygen atoms in total. The molecule has 0 spiro atoms. The van der Waals surface area contributed by atoms with Gasteiger partial charge in [-0.25, -0.2) is 0 Å². The molecular weight excluding hydrogens is 189 g/mol. The van der Waals surface area contributed by atoms with Crippen molar-refractivity contribution in [2.45, 2.75) is 0 Å². The molecule has 0 rings (SSSR count). The molecule has 8 heavy (non-hydrogen) atoms. The largest absolute Gasteiger partial charge is 0.312 e. The maximum absolute atomic E-state index is 5.25. The Kier molecular flexibility index (Phi) is 7.91. The van der Waals surface area contributed by atoms with Crippen LogP contribution in [-0.2, 0) is 0 Å². The van der Waals surface area contributed by atoms with Gasteiger partial charge in [-0.2, -0.15) is 0 Å². The van der Waals surface area contributed by atoms with E-state index in [2.05, 4.69) is 21.2 Å². The Morgan fingerprint density at radius 1 is 1.62 bits per heavy atom. The van der Waals surface area contributed by atoms with Crippen LogP contribution >= 0.6 is 27.5 Å². The first-order valence-corrected chi connectivity index (χ1v) is 3.99. The van der Waals surface area contributed by atoms with E-state index in [-0.39, 0.29) is 0 Å². The lowest BCUT2D eigenvalue weighted by atomic mass is 10.6. The van der Waals surface area contributed by atoms with Gasteiger partial charge in [0.15, 0.2) is 0 Å². The highest BCUT2D eigenvalue weighted by atomic mass is 79.9. The molecule has 0 saturated heterocycles. The number of alkyl halides is 1. The van der Waals surface area contributed by atoms with Gasteiger partial charge in [0.25, 0.3) is 0 Å². The van der Waals surface area contributed by atoms with Crippen LogP contribution in [0.4, 0.5) is 0 Å². The molecule has 3 heteroatoms. The Bertz CT molecular complexity index is 65.4. The van der Waals surface area contributed by atoms with Crippen LogP contribution in [0.3, 0.4) is 0 Å². The van der Waals surface area contributed by atoms with Gasteiger partial charge in [0.05, 0.1) is 0 Å². The SMILES string of the molecule is Cl/C=C/CNCCBr. The third kappa shape index (κ3) is 6.47. The number of rotatable bonds is 4. The average molecular weight is 198 g/mol. The molecule has 0 amide bonds. The van der Waals surface area contributed by atoms with Crippen LogP contribution in [0.5, 0.6) is 0 Å². The Labute approximate surface area is 63.2 Å². The zero-order valence-corrected chi connectivity index (χ0v) is 6.87. The lowest BCUT2D eigenvalue weighted by Crippen LogP contribution is -2.15. The van der Waals surface area contributed by atoms with E-state index in [1.165, 1.54) is 5.54 Å². The zero-order chi connectivity index (χ0) is 6.24. The van der Waals surface area contributed by atoms with Gasteiger partial charge < -0.3 is 5.32 Å². The number of hydrogen-bond donors (Lipinski definition) is 1. The van der Waals surface area contributed by atoms with Gasteiger partial charge in [-0.15, -0.1) is 0 Å².